The van der Waals surface area contributed by atoms with Crippen LogP contribution in [0.2, 0.25) is 0 Å². The minimum Gasteiger partial charge on any atom is -0.497 e. The third kappa shape index (κ3) is 5.49. The predicted molar refractivity (Wildman–Crippen MR) is 98.0 cm³/mol. The Bertz CT molecular complexity index is 717. The fourth-order valence-corrected chi connectivity index (χ4v) is 3.02. The summed E-state index contributed by atoms with van der Waals surface area (Å²) >= 11 is 1.35. The molecule has 0 aliphatic heterocycles. The van der Waals surface area contributed by atoms with E-state index in [1.54, 1.807) is 19.2 Å². The van der Waals surface area contributed by atoms with Gasteiger partial charge in [-0.15, -0.1) is 11.8 Å². The van der Waals surface area contributed by atoms with Crippen molar-refractivity contribution in [2.45, 2.75) is 24.3 Å². The van der Waals surface area contributed by atoms with E-state index in [0.29, 0.717) is 0 Å². The summed E-state index contributed by atoms with van der Waals surface area (Å²) in [5.41, 5.74) is 1.07. The number of rotatable bonds is 8. The number of hydrogen-bond donors (Lipinski definition) is 1. The number of nitro groups is 1. The van der Waals surface area contributed by atoms with Gasteiger partial charge < -0.3 is 10.1 Å². The van der Waals surface area contributed by atoms with Crippen molar-refractivity contribution >= 4 is 23.4 Å². The van der Waals surface area contributed by atoms with Crippen LogP contribution in [0.5, 0.6) is 5.75 Å². The van der Waals surface area contributed by atoms with E-state index in [1.165, 1.54) is 23.9 Å². The zero-order valence-corrected chi connectivity index (χ0v) is 14.9. The van der Waals surface area contributed by atoms with Gasteiger partial charge in [-0.3, -0.25) is 14.9 Å². The number of thioether (sulfide) groups is 1. The predicted octanol–water partition coefficient (Wildman–Crippen LogP) is 3.96. The first-order valence-corrected chi connectivity index (χ1v) is 8.82. The molecule has 132 valence electrons. The van der Waals surface area contributed by atoms with Gasteiger partial charge in [0.15, 0.2) is 0 Å². The molecule has 0 saturated carbocycles. The van der Waals surface area contributed by atoms with E-state index in [4.69, 9.17) is 4.74 Å². The minimum atomic E-state index is -0.443. The van der Waals surface area contributed by atoms with Gasteiger partial charge in [-0.05, 0) is 36.2 Å². The summed E-state index contributed by atoms with van der Waals surface area (Å²) in [7, 11) is 1.61. The molecular weight excluding hydrogens is 340 g/mol. The zero-order valence-electron chi connectivity index (χ0n) is 14.1. The topological polar surface area (TPSA) is 81.5 Å². The second-order valence-electron chi connectivity index (χ2n) is 5.34. The second kappa shape index (κ2) is 9.08. The van der Waals surface area contributed by atoms with Gasteiger partial charge >= 0.3 is 0 Å². The maximum Gasteiger partial charge on any atom is 0.269 e. The first kappa shape index (κ1) is 18.8. The third-order valence-corrected chi connectivity index (χ3v) is 4.69. The summed E-state index contributed by atoms with van der Waals surface area (Å²) in [6, 6.07) is 13.7. The average Bonchev–Trinajstić information content (AvgIpc) is 2.65. The van der Waals surface area contributed by atoms with E-state index in [1.807, 2.05) is 31.2 Å². The van der Waals surface area contributed by atoms with Crippen molar-refractivity contribution in [2.75, 3.05) is 12.9 Å². The van der Waals surface area contributed by atoms with Crippen LogP contribution < -0.4 is 10.1 Å². The highest BCUT2D eigenvalue weighted by molar-refractivity contribution is 8.00. The van der Waals surface area contributed by atoms with Crippen LogP contribution in [0.15, 0.2) is 53.4 Å². The molecule has 25 heavy (non-hydrogen) atoms. The first-order chi connectivity index (χ1) is 12.0. The largest absolute Gasteiger partial charge is 0.497 e. The quantitative estimate of drug-likeness (QED) is 0.438. The number of hydrogen-bond acceptors (Lipinski definition) is 5. The van der Waals surface area contributed by atoms with Crippen LogP contribution >= 0.6 is 11.8 Å². The van der Waals surface area contributed by atoms with Gasteiger partial charge in [0.05, 0.1) is 23.8 Å². The van der Waals surface area contributed by atoms with Gasteiger partial charge in [-0.2, -0.15) is 0 Å². The number of ether oxygens (including phenoxy) is 1. The first-order valence-electron chi connectivity index (χ1n) is 7.84. The molecule has 2 aromatic carbocycles. The lowest BCUT2D eigenvalue weighted by Gasteiger charge is -2.17. The summed E-state index contributed by atoms with van der Waals surface area (Å²) in [5, 5.41) is 13.6. The molecule has 6 nitrogen and oxygen atoms in total. The van der Waals surface area contributed by atoms with Gasteiger partial charge in [0, 0.05) is 17.0 Å². The second-order valence-corrected chi connectivity index (χ2v) is 6.39. The Hall–Kier alpha value is -2.54. The number of carbonyl (C=O) groups excluding carboxylic acids is 1. The highest BCUT2D eigenvalue weighted by Crippen LogP contribution is 2.23. The molecule has 0 spiro atoms. The van der Waals surface area contributed by atoms with Gasteiger partial charge in [-0.25, -0.2) is 0 Å². The van der Waals surface area contributed by atoms with Crippen molar-refractivity contribution < 1.29 is 14.5 Å². The summed E-state index contributed by atoms with van der Waals surface area (Å²) in [5.74, 6) is 0.953. The molecule has 0 saturated heterocycles. The standard InChI is InChI=1S/C18H20N2O4S/c1-3-17(13-4-8-15(24-2)9-5-13)19-18(21)12-25-16-10-6-14(7-11-16)20(22)23/h4-11,17H,3,12H2,1-2H3,(H,19,21). The van der Waals surface area contributed by atoms with Crippen LogP contribution in [0.3, 0.4) is 0 Å². The van der Waals surface area contributed by atoms with Crippen molar-refractivity contribution in [3.63, 3.8) is 0 Å². The fraction of sp³-hybridized carbons (Fsp3) is 0.278. The van der Waals surface area contributed by atoms with E-state index in [-0.39, 0.29) is 23.4 Å². The summed E-state index contributed by atoms with van der Waals surface area (Å²) in [6.07, 6.45) is 0.778. The molecule has 0 radical (unpaired) electrons. The molecule has 2 rings (SSSR count). The van der Waals surface area contributed by atoms with E-state index < -0.39 is 4.92 Å². The number of benzene rings is 2. The molecule has 0 fully saturated rings. The Kier molecular flexibility index (Phi) is 6.82. The molecule has 1 amide bonds. The molecule has 1 N–H and O–H groups in total. The molecule has 0 aliphatic carbocycles. The van der Waals surface area contributed by atoms with Crippen LogP contribution in [0.1, 0.15) is 24.9 Å². The van der Waals surface area contributed by atoms with Crippen molar-refractivity contribution in [1.29, 1.82) is 0 Å². The van der Waals surface area contributed by atoms with E-state index >= 15 is 0 Å². The Morgan fingerprint density at radius 2 is 1.84 bits per heavy atom. The number of methoxy groups -OCH3 is 1. The monoisotopic (exact) mass is 360 g/mol. The molecule has 0 bridgehead atoms. The van der Waals surface area contributed by atoms with Crippen molar-refractivity contribution in [2.24, 2.45) is 0 Å². The number of carbonyl (C=O) groups is 1. The number of amides is 1. The Morgan fingerprint density at radius 1 is 1.20 bits per heavy atom. The van der Waals surface area contributed by atoms with Crippen LogP contribution in [0.25, 0.3) is 0 Å². The smallest absolute Gasteiger partial charge is 0.269 e. The molecule has 0 heterocycles. The van der Waals surface area contributed by atoms with Gasteiger partial charge in [0.25, 0.3) is 5.69 Å². The van der Waals surface area contributed by atoms with Crippen LogP contribution in [0, 0.1) is 10.1 Å². The lowest BCUT2D eigenvalue weighted by molar-refractivity contribution is -0.384. The van der Waals surface area contributed by atoms with Crippen molar-refractivity contribution in [3.8, 4) is 5.75 Å². The van der Waals surface area contributed by atoms with Gasteiger partial charge in [0.1, 0.15) is 5.75 Å². The summed E-state index contributed by atoms with van der Waals surface area (Å²) in [4.78, 5) is 23.2. The zero-order chi connectivity index (χ0) is 18.2. The molecule has 0 aliphatic rings. The third-order valence-electron chi connectivity index (χ3n) is 3.68. The minimum absolute atomic E-state index is 0.0411. The summed E-state index contributed by atoms with van der Waals surface area (Å²) < 4.78 is 5.14. The fourth-order valence-electron chi connectivity index (χ4n) is 2.31. The van der Waals surface area contributed by atoms with E-state index in [9.17, 15) is 14.9 Å². The lowest BCUT2D eigenvalue weighted by Crippen LogP contribution is -2.29. The van der Waals surface area contributed by atoms with Crippen LogP contribution in [-0.4, -0.2) is 23.7 Å². The highest BCUT2D eigenvalue weighted by atomic mass is 32.2. The maximum atomic E-state index is 12.2. The number of nitrogens with zero attached hydrogens (tertiary/aromatic N) is 1. The molecule has 0 aromatic heterocycles. The van der Waals surface area contributed by atoms with Crippen LogP contribution in [-0.2, 0) is 4.79 Å². The Labute approximate surface area is 150 Å². The Balaban J connectivity index is 1.89. The molecule has 1 atom stereocenters. The number of nitrogens with one attached hydrogen (secondary N) is 1. The maximum absolute atomic E-state index is 12.2. The van der Waals surface area contributed by atoms with Crippen LogP contribution in [0.4, 0.5) is 5.69 Å². The van der Waals surface area contributed by atoms with Gasteiger partial charge in [0.2, 0.25) is 5.91 Å². The van der Waals surface area contributed by atoms with E-state index in [0.717, 1.165) is 22.6 Å². The molecule has 1 unspecified atom stereocenters. The molecule has 2 aromatic rings. The number of nitro benzene ring substituents is 1. The highest BCUT2D eigenvalue weighted by Gasteiger charge is 2.13. The SMILES string of the molecule is CCC(NC(=O)CSc1ccc([N+](=O)[O-])cc1)c1ccc(OC)cc1. The lowest BCUT2D eigenvalue weighted by atomic mass is 10.0. The normalized spacial score (nSPS) is 11.6. The molecular formula is C18H20N2O4S. The Morgan fingerprint density at radius 3 is 2.36 bits per heavy atom. The van der Waals surface area contributed by atoms with Gasteiger partial charge in [-0.1, -0.05) is 19.1 Å². The summed E-state index contributed by atoms with van der Waals surface area (Å²) in [6.45, 7) is 2.01. The average molecular weight is 360 g/mol. The van der Waals surface area contributed by atoms with Crippen molar-refractivity contribution in [3.05, 3.63) is 64.2 Å². The van der Waals surface area contributed by atoms with Crippen molar-refractivity contribution in [1.82, 2.24) is 5.32 Å². The number of non-ortho nitro benzene ring substituents is 1. The van der Waals surface area contributed by atoms with E-state index in [2.05, 4.69) is 5.32 Å². The molecule has 7 heteroatoms.